The van der Waals surface area contributed by atoms with E-state index in [4.69, 9.17) is 0 Å². The average molecular weight is 316 g/mol. The number of halogens is 2. The van der Waals surface area contributed by atoms with Gasteiger partial charge in [0, 0.05) is 28.0 Å². The Morgan fingerprint density at radius 2 is 2.12 bits per heavy atom. The Hall–Kier alpha value is -0.910. The van der Waals surface area contributed by atoms with Crippen LogP contribution in [-0.4, -0.2) is 5.11 Å². The smallest absolute Gasteiger partial charge is 0.123 e. The van der Waals surface area contributed by atoms with Crippen LogP contribution in [-0.2, 0) is 13.1 Å². The van der Waals surface area contributed by atoms with Gasteiger partial charge in [0.1, 0.15) is 11.6 Å². The van der Waals surface area contributed by atoms with Gasteiger partial charge in [-0.1, -0.05) is 0 Å². The SMILES string of the molecule is Oc1ccc(F)cc1CNCc1sccc1Br. The molecule has 2 nitrogen and oxygen atoms in total. The molecule has 5 heteroatoms. The lowest BCUT2D eigenvalue weighted by molar-refractivity contribution is 0.461. The summed E-state index contributed by atoms with van der Waals surface area (Å²) in [6.45, 7) is 1.13. The third kappa shape index (κ3) is 3.28. The van der Waals surface area contributed by atoms with Crippen molar-refractivity contribution >= 4 is 27.3 Å². The summed E-state index contributed by atoms with van der Waals surface area (Å²) in [5.41, 5.74) is 0.567. The van der Waals surface area contributed by atoms with Crippen molar-refractivity contribution in [2.75, 3.05) is 0 Å². The monoisotopic (exact) mass is 315 g/mol. The minimum Gasteiger partial charge on any atom is -0.508 e. The summed E-state index contributed by atoms with van der Waals surface area (Å²) < 4.78 is 14.0. The van der Waals surface area contributed by atoms with Gasteiger partial charge >= 0.3 is 0 Å². The van der Waals surface area contributed by atoms with Gasteiger partial charge in [-0.15, -0.1) is 11.3 Å². The molecule has 0 fully saturated rings. The van der Waals surface area contributed by atoms with Crippen LogP contribution in [0.1, 0.15) is 10.4 Å². The molecule has 0 saturated carbocycles. The Balaban J connectivity index is 1.94. The van der Waals surface area contributed by atoms with Crippen LogP contribution in [0.15, 0.2) is 34.1 Å². The highest BCUT2D eigenvalue weighted by atomic mass is 79.9. The number of thiophene rings is 1. The minimum absolute atomic E-state index is 0.115. The van der Waals surface area contributed by atoms with Crippen molar-refractivity contribution in [3.05, 3.63) is 50.4 Å². The number of phenolic OH excluding ortho intramolecular Hbond substituents is 1. The van der Waals surface area contributed by atoms with Crippen LogP contribution in [0, 0.1) is 5.82 Å². The van der Waals surface area contributed by atoms with Crippen molar-refractivity contribution in [2.24, 2.45) is 0 Å². The number of rotatable bonds is 4. The molecule has 1 heterocycles. The van der Waals surface area contributed by atoms with E-state index in [1.54, 1.807) is 11.3 Å². The van der Waals surface area contributed by atoms with Crippen LogP contribution in [0.4, 0.5) is 4.39 Å². The highest BCUT2D eigenvalue weighted by Gasteiger charge is 2.04. The molecule has 0 aliphatic heterocycles. The van der Waals surface area contributed by atoms with Crippen molar-refractivity contribution in [2.45, 2.75) is 13.1 Å². The number of nitrogens with one attached hydrogen (secondary N) is 1. The van der Waals surface area contributed by atoms with Gasteiger partial charge in [-0.05, 0) is 45.6 Å². The lowest BCUT2D eigenvalue weighted by atomic mass is 10.2. The Morgan fingerprint density at radius 3 is 2.82 bits per heavy atom. The number of aromatic hydroxyl groups is 1. The predicted octanol–water partition coefficient (Wildman–Crippen LogP) is 3.65. The highest BCUT2D eigenvalue weighted by molar-refractivity contribution is 9.10. The predicted molar refractivity (Wildman–Crippen MR) is 70.6 cm³/mol. The maximum absolute atomic E-state index is 13.0. The van der Waals surface area contributed by atoms with E-state index in [-0.39, 0.29) is 11.6 Å². The number of hydrogen-bond donors (Lipinski definition) is 2. The van der Waals surface area contributed by atoms with E-state index in [0.717, 1.165) is 4.47 Å². The average Bonchev–Trinajstić information content (AvgIpc) is 2.70. The summed E-state index contributed by atoms with van der Waals surface area (Å²) in [5, 5.41) is 14.7. The van der Waals surface area contributed by atoms with E-state index in [1.807, 2.05) is 11.4 Å². The molecule has 0 unspecified atom stereocenters. The Kier molecular flexibility index (Phi) is 4.15. The van der Waals surface area contributed by atoms with E-state index < -0.39 is 0 Å². The summed E-state index contributed by atoms with van der Waals surface area (Å²) in [7, 11) is 0. The molecular weight excluding hydrogens is 305 g/mol. The van der Waals surface area contributed by atoms with Gasteiger partial charge in [0.2, 0.25) is 0 Å². The minimum atomic E-state index is -0.336. The summed E-state index contributed by atoms with van der Waals surface area (Å²) in [6.07, 6.45) is 0. The molecule has 0 aliphatic rings. The molecule has 0 amide bonds. The second-order valence-electron chi connectivity index (χ2n) is 3.57. The van der Waals surface area contributed by atoms with E-state index in [1.165, 1.54) is 23.1 Å². The molecule has 2 rings (SSSR count). The maximum atomic E-state index is 13.0. The van der Waals surface area contributed by atoms with Crippen LogP contribution in [0.5, 0.6) is 5.75 Å². The Labute approximate surface area is 111 Å². The van der Waals surface area contributed by atoms with Gasteiger partial charge in [-0.3, -0.25) is 0 Å². The van der Waals surface area contributed by atoms with Gasteiger partial charge in [0.25, 0.3) is 0 Å². The Morgan fingerprint density at radius 1 is 1.29 bits per heavy atom. The van der Waals surface area contributed by atoms with E-state index in [9.17, 15) is 9.50 Å². The topological polar surface area (TPSA) is 32.3 Å². The molecule has 1 aromatic carbocycles. The van der Waals surface area contributed by atoms with Crippen LogP contribution in [0.3, 0.4) is 0 Å². The first-order valence-electron chi connectivity index (χ1n) is 5.07. The molecule has 0 radical (unpaired) electrons. The zero-order valence-electron chi connectivity index (χ0n) is 8.91. The van der Waals surface area contributed by atoms with Crippen LogP contribution >= 0.6 is 27.3 Å². The summed E-state index contributed by atoms with van der Waals surface area (Å²) in [6, 6.07) is 5.94. The molecule has 0 saturated heterocycles. The quantitative estimate of drug-likeness (QED) is 0.902. The molecule has 1 aromatic heterocycles. The van der Waals surface area contributed by atoms with Gasteiger partial charge in [-0.2, -0.15) is 0 Å². The van der Waals surface area contributed by atoms with Crippen LogP contribution in [0.2, 0.25) is 0 Å². The second-order valence-corrected chi connectivity index (χ2v) is 5.42. The molecule has 2 N–H and O–H groups in total. The van der Waals surface area contributed by atoms with Gasteiger partial charge in [0.15, 0.2) is 0 Å². The molecule has 17 heavy (non-hydrogen) atoms. The van der Waals surface area contributed by atoms with Crippen molar-refractivity contribution in [3.8, 4) is 5.75 Å². The van der Waals surface area contributed by atoms with E-state index in [0.29, 0.717) is 18.7 Å². The van der Waals surface area contributed by atoms with Gasteiger partial charge in [0.05, 0.1) is 0 Å². The molecule has 90 valence electrons. The molecule has 0 aliphatic carbocycles. The third-order valence-electron chi connectivity index (χ3n) is 2.33. The first-order chi connectivity index (χ1) is 8.16. The molecular formula is C12H11BrFNOS. The van der Waals surface area contributed by atoms with Crippen molar-refractivity contribution in [1.29, 1.82) is 0 Å². The largest absolute Gasteiger partial charge is 0.508 e. The number of benzene rings is 1. The maximum Gasteiger partial charge on any atom is 0.123 e. The van der Waals surface area contributed by atoms with Crippen molar-refractivity contribution in [3.63, 3.8) is 0 Å². The van der Waals surface area contributed by atoms with Crippen LogP contribution < -0.4 is 5.32 Å². The summed E-state index contributed by atoms with van der Waals surface area (Å²) >= 11 is 5.09. The Bertz CT molecular complexity index is 515. The zero-order chi connectivity index (χ0) is 12.3. The molecule has 0 spiro atoms. The highest BCUT2D eigenvalue weighted by Crippen LogP contribution is 2.23. The van der Waals surface area contributed by atoms with Crippen LogP contribution in [0.25, 0.3) is 0 Å². The van der Waals surface area contributed by atoms with Gasteiger partial charge in [-0.25, -0.2) is 4.39 Å². The summed E-state index contributed by atoms with van der Waals surface area (Å²) in [5.74, 6) is -0.221. The third-order valence-corrected chi connectivity index (χ3v) is 4.26. The number of hydrogen-bond acceptors (Lipinski definition) is 3. The first kappa shape index (κ1) is 12.5. The van der Waals surface area contributed by atoms with E-state index >= 15 is 0 Å². The standard InChI is InChI=1S/C12H11BrFNOS/c13-10-3-4-17-12(10)7-15-6-8-5-9(14)1-2-11(8)16/h1-5,15-16H,6-7H2. The molecule has 0 bridgehead atoms. The fourth-order valence-electron chi connectivity index (χ4n) is 1.46. The first-order valence-corrected chi connectivity index (χ1v) is 6.74. The fraction of sp³-hybridized carbons (Fsp3) is 0.167. The van der Waals surface area contributed by atoms with E-state index in [2.05, 4.69) is 21.2 Å². The van der Waals surface area contributed by atoms with Crippen molar-refractivity contribution in [1.82, 2.24) is 5.32 Å². The second kappa shape index (κ2) is 5.62. The zero-order valence-corrected chi connectivity index (χ0v) is 11.3. The van der Waals surface area contributed by atoms with Gasteiger partial charge < -0.3 is 10.4 Å². The molecule has 2 aromatic rings. The number of phenols is 1. The lowest BCUT2D eigenvalue weighted by Crippen LogP contribution is -2.12. The molecule has 0 atom stereocenters. The normalized spacial score (nSPS) is 10.7. The summed E-state index contributed by atoms with van der Waals surface area (Å²) in [4.78, 5) is 1.18. The lowest BCUT2D eigenvalue weighted by Gasteiger charge is -2.06. The van der Waals surface area contributed by atoms with Crippen molar-refractivity contribution < 1.29 is 9.50 Å². The fourth-order valence-corrected chi connectivity index (χ4v) is 2.92.